The van der Waals surface area contributed by atoms with E-state index in [1.807, 2.05) is 31.3 Å². The Morgan fingerprint density at radius 1 is 1.35 bits per heavy atom. The highest BCUT2D eigenvalue weighted by Crippen LogP contribution is 2.29. The number of nitrogens with one attached hydrogen (secondary N) is 1. The smallest absolute Gasteiger partial charge is 0.145 e. The van der Waals surface area contributed by atoms with Crippen molar-refractivity contribution in [2.75, 3.05) is 20.2 Å². The summed E-state index contributed by atoms with van der Waals surface area (Å²) in [6, 6.07) is 7.54. The minimum absolute atomic E-state index is 0.675. The molecule has 0 unspecified atom stereocenters. The van der Waals surface area contributed by atoms with E-state index in [0.29, 0.717) is 11.6 Å². The Bertz CT molecular complexity index is 502. The van der Waals surface area contributed by atoms with E-state index in [0.717, 1.165) is 29.6 Å². The van der Waals surface area contributed by atoms with Gasteiger partial charge in [-0.25, -0.2) is 0 Å². The van der Waals surface area contributed by atoms with Gasteiger partial charge in [0.15, 0.2) is 0 Å². The minimum atomic E-state index is 0.675. The summed E-state index contributed by atoms with van der Waals surface area (Å²) in [6.07, 6.45) is 2.71. The molecule has 0 atom stereocenters. The largest absolute Gasteiger partial charge is 0.491 e. The van der Waals surface area contributed by atoms with Crippen molar-refractivity contribution < 1.29 is 4.74 Å². The Labute approximate surface area is 106 Å². The predicted octanol–water partition coefficient (Wildman–Crippen LogP) is 2.88. The van der Waals surface area contributed by atoms with Gasteiger partial charge in [0.05, 0.1) is 11.6 Å². The van der Waals surface area contributed by atoms with Crippen LogP contribution in [0.2, 0.25) is 5.02 Å². The summed E-state index contributed by atoms with van der Waals surface area (Å²) in [6.45, 7) is 1.62. The van der Waals surface area contributed by atoms with Crippen molar-refractivity contribution in [2.45, 2.75) is 6.42 Å². The number of hydrogen-bond donors (Lipinski definition) is 1. The highest BCUT2D eigenvalue weighted by Gasteiger charge is 2.06. The lowest BCUT2D eigenvalue weighted by Crippen LogP contribution is -2.11. The van der Waals surface area contributed by atoms with Gasteiger partial charge >= 0.3 is 0 Å². The van der Waals surface area contributed by atoms with E-state index in [-0.39, 0.29) is 0 Å². The maximum atomic E-state index is 6.11. The van der Waals surface area contributed by atoms with E-state index in [1.54, 1.807) is 6.20 Å². The molecule has 4 heteroatoms. The molecule has 2 aromatic rings. The van der Waals surface area contributed by atoms with E-state index in [1.165, 1.54) is 0 Å². The Morgan fingerprint density at radius 3 is 3.06 bits per heavy atom. The molecule has 1 heterocycles. The molecule has 0 bridgehead atoms. The average molecular weight is 251 g/mol. The summed E-state index contributed by atoms with van der Waals surface area (Å²) in [4.78, 5) is 4.32. The van der Waals surface area contributed by atoms with Crippen molar-refractivity contribution in [3.63, 3.8) is 0 Å². The van der Waals surface area contributed by atoms with E-state index >= 15 is 0 Å². The SMILES string of the molecule is CNCCCOc1ccc(Cl)c2cccnc12. The highest BCUT2D eigenvalue weighted by atomic mass is 35.5. The standard InChI is InChI=1S/C13H15ClN2O/c1-15-7-3-9-17-12-6-5-11(14)10-4-2-8-16-13(10)12/h2,4-6,8,15H,3,7,9H2,1H3. The minimum Gasteiger partial charge on any atom is -0.491 e. The Balaban J connectivity index is 2.20. The van der Waals surface area contributed by atoms with Crippen molar-refractivity contribution in [2.24, 2.45) is 0 Å². The van der Waals surface area contributed by atoms with Crippen molar-refractivity contribution in [1.29, 1.82) is 0 Å². The van der Waals surface area contributed by atoms with Crippen LogP contribution in [0.4, 0.5) is 0 Å². The molecule has 0 amide bonds. The number of pyridine rings is 1. The van der Waals surface area contributed by atoms with Crippen molar-refractivity contribution >= 4 is 22.5 Å². The van der Waals surface area contributed by atoms with Gasteiger partial charge < -0.3 is 10.1 Å². The van der Waals surface area contributed by atoms with Crippen LogP contribution in [0.5, 0.6) is 5.75 Å². The Kier molecular flexibility index (Phi) is 4.18. The molecule has 0 radical (unpaired) electrons. The van der Waals surface area contributed by atoms with Crippen LogP contribution in [0.25, 0.3) is 10.9 Å². The summed E-state index contributed by atoms with van der Waals surface area (Å²) < 4.78 is 5.72. The van der Waals surface area contributed by atoms with Gasteiger partial charge in [0.2, 0.25) is 0 Å². The van der Waals surface area contributed by atoms with Gasteiger partial charge in [-0.3, -0.25) is 4.98 Å². The maximum absolute atomic E-state index is 6.11. The lowest BCUT2D eigenvalue weighted by atomic mass is 10.2. The molecular formula is C13H15ClN2O. The van der Waals surface area contributed by atoms with E-state index in [4.69, 9.17) is 16.3 Å². The summed E-state index contributed by atoms with van der Waals surface area (Å²) in [5, 5.41) is 4.72. The Hall–Kier alpha value is -1.32. The Morgan fingerprint density at radius 2 is 2.24 bits per heavy atom. The van der Waals surface area contributed by atoms with Gasteiger partial charge in [-0.2, -0.15) is 0 Å². The first-order chi connectivity index (χ1) is 8.33. The normalized spacial score (nSPS) is 10.7. The fourth-order valence-electron chi connectivity index (χ4n) is 1.66. The highest BCUT2D eigenvalue weighted by molar-refractivity contribution is 6.35. The second kappa shape index (κ2) is 5.84. The number of ether oxygens (including phenoxy) is 1. The van der Waals surface area contributed by atoms with Crippen molar-refractivity contribution in [3.05, 3.63) is 35.5 Å². The number of halogens is 1. The van der Waals surface area contributed by atoms with Gasteiger partial charge in [-0.15, -0.1) is 0 Å². The number of hydrogen-bond acceptors (Lipinski definition) is 3. The van der Waals surface area contributed by atoms with Crippen LogP contribution in [0.3, 0.4) is 0 Å². The zero-order chi connectivity index (χ0) is 12.1. The van der Waals surface area contributed by atoms with Crippen LogP contribution in [0, 0.1) is 0 Å². The number of nitrogens with zero attached hydrogens (tertiary/aromatic N) is 1. The van der Waals surface area contributed by atoms with Gasteiger partial charge in [0.25, 0.3) is 0 Å². The van der Waals surface area contributed by atoms with E-state index in [9.17, 15) is 0 Å². The molecule has 0 fully saturated rings. The third-order valence-corrected chi connectivity index (χ3v) is 2.84. The molecule has 0 saturated carbocycles. The zero-order valence-corrected chi connectivity index (χ0v) is 10.5. The van der Waals surface area contributed by atoms with Gasteiger partial charge in [-0.05, 0) is 44.3 Å². The second-order valence-electron chi connectivity index (χ2n) is 3.75. The maximum Gasteiger partial charge on any atom is 0.145 e. The third-order valence-electron chi connectivity index (χ3n) is 2.51. The number of rotatable bonds is 5. The topological polar surface area (TPSA) is 34.1 Å². The molecule has 0 aliphatic carbocycles. The van der Waals surface area contributed by atoms with E-state index in [2.05, 4.69) is 10.3 Å². The first kappa shape index (κ1) is 12.1. The molecule has 1 aromatic heterocycles. The zero-order valence-electron chi connectivity index (χ0n) is 9.74. The summed E-state index contributed by atoms with van der Waals surface area (Å²) in [5.74, 6) is 0.793. The summed E-state index contributed by atoms with van der Waals surface area (Å²) in [5.41, 5.74) is 0.824. The van der Waals surface area contributed by atoms with Crippen molar-refractivity contribution in [1.82, 2.24) is 10.3 Å². The van der Waals surface area contributed by atoms with Crippen LogP contribution in [0.1, 0.15) is 6.42 Å². The second-order valence-corrected chi connectivity index (χ2v) is 4.16. The van der Waals surface area contributed by atoms with Gasteiger partial charge in [0.1, 0.15) is 11.3 Å². The molecule has 1 aromatic carbocycles. The first-order valence-electron chi connectivity index (χ1n) is 5.63. The monoisotopic (exact) mass is 250 g/mol. The molecule has 17 heavy (non-hydrogen) atoms. The van der Waals surface area contributed by atoms with Gasteiger partial charge in [0, 0.05) is 11.6 Å². The fourth-order valence-corrected chi connectivity index (χ4v) is 1.87. The lowest BCUT2D eigenvalue weighted by Gasteiger charge is -2.09. The average Bonchev–Trinajstić information content (AvgIpc) is 2.37. The molecule has 0 aliphatic rings. The molecule has 1 N–H and O–H groups in total. The fraction of sp³-hybridized carbons (Fsp3) is 0.308. The van der Waals surface area contributed by atoms with Crippen LogP contribution in [-0.2, 0) is 0 Å². The number of benzene rings is 1. The van der Waals surface area contributed by atoms with Gasteiger partial charge in [-0.1, -0.05) is 11.6 Å². The van der Waals surface area contributed by atoms with Crippen molar-refractivity contribution in [3.8, 4) is 5.75 Å². The summed E-state index contributed by atoms with van der Waals surface area (Å²) in [7, 11) is 1.93. The molecule has 90 valence electrons. The molecule has 3 nitrogen and oxygen atoms in total. The molecule has 0 saturated heterocycles. The molecule has 2 rings (SSSR count). The van der Waals surface area contributed by atoms with Crippen LogP contribution >= 0.6 is 11.6 Å². The number of aromatic nitrogens is 1. The molecule has 0 aliphatic heterocycles. The van der Waals surface area contributed by atoms with Crippen LogP contribution in [0.15, 0.2) is 30.5 Å². The van der Waals surface area contributed by atoms with E-state index < -0.39 is 0 Å². The van der Waals surface area contributed by atoms with Crippen LogP contribution in [-0.4, -0.2) is 25.2 Å². The summed E-state index contributed by atoms with van der Waals surface area (Å²) >= 11 is 6.11. The quantitative estimate of drug-likeness (QED) is 0.829. The van der Waals surface area contributed by atoms with Crippen LogP contribution < -0.4 is 10.1 Å². The first-order valence-corrected chi connectivity index (χ1v) is 6.01. The number of fused-ring (bicyclic) bond motifs is 1. The predicted molar refractivity (Wildman–Crippen MR) is 70.8 cm³/mol. The molecular weight excluding hydrogens is 236 g/mol. The molecule has 0 spiro atoms. The lowest BCUT2D eigenvalue weighted by molar-refractivity contribution is 0.313. The third kappa shape index (κ3) is 2.87.